The number of halogens is 6. The number of benzene rings is 2. The van der Waals surface area contributed by atoms with Gasteiger partial charge < -0.3 is 10.0 Å². The standard InChI is InChI=1S/C26H23F6N3O3/c1-16-33-20-15-34(21(36)14-24(38,25(27,28)29)26(30,31)32)13-12-19(20)23(37)35(16)22(17-8-4-2-5-9-17)18-10-6-3-7-11-18/h2-11,22,38H,12-15H2,1H3. The molecule has 38 heavy (non-hydrogen) atoms. The van der Waals surface area contributed by atoms with E-state index in [1.807, 2.05) is 60.7 Å². The van der Waals surface area contributed by atoms with Gasteiger partial charge in [0.15, 0.2) is 0 Å². The summed E-state index contributed by atoms with van der Waals surface area (Å²) in [6, 6.07) is 17.8. The van der Waals surface area contributed by atoms with Crippen LogP contribution in [0.1, 0.15) is 40.7 Å². The second kappa shape index (κ2) is 9.90. The van der Waals surface area contributed by atoms with E-state index in [2.05, 4.69) is 4.98 Å². The van der Waals surface area contributed by atoms with Crippen LogP contribution in [-0.2, 0) is 17.8 Å². The third-order valence-electron chi connectivity index (χ3n) is 6.63. The average Bonchev–Trinajstić information content (AvgIpc) is 2.85. The molecule has 1 aromatic heterocycles. The van der Waals surface area contributed by atoms with Gasteiger partial charge in [0.1, 0.15) is 5.82 Å². The molecular weight excluding hydrogens is 516 g/mol. The fourth-order valence-corrected chi connectivity index (χ4v) is 4.59. The monoisotopic (exact) mass is 539 g/mol. The van der Waals surface area contributed by atoms with Crippen molar-refractivity contribution in [3.05, 3.63) is 99.2 Å². The minimum Gasteiger partial charge on any atom is -0.373 e. The Labute approximate surface area is 213 Å². The summed E-state index contributed by atoms with van der Waals surface area (Å²) in [5.74, 6) is -1.30. The molecule has 0 saturated carbocycles. The van der Waals surface area contributed by atoms with Gasteiger partial charge in [0, 0.05) is 12.1 Å². The Morgan fingerprint density at radius 2 is 1.45 bits per heavy atom. The van der Waals surface area contributed by atoms with Crippen molar-refractivity contribution in [2.45, 2.75) is 50.3 Å². The lowest BCUT2D eigenvalue weighted by Crippen LogP contribution is -2.59. The van der Waals surface area contributed by atoms with Crippen LogP contribution in [0, 0.1) is 6.92 Å². The number of aliphatic hydroxyl groups is 1. The third kappa shape index (κ3) is 4.92. The van der Waals surface area contributed by atoms with Crippen LogP contribution < -0.4 is 5.56 Å². The molecule has 0 atom stereocenters. The van der Waals surface area contributed by atoms with Gasteiger partial charge >= 0.3 is 12.4 Å². The fourth-order valence-electron chi connectivity index (χ4n) is 4.59. The maximum atomic E-state index is 13.7. The van der Waals surface area contributed by atoms with Crippen LogP contribution in [0.15, 0.2) is 65.5 Å². The molecule has 2 aromatic carbocycles. The maximum absolute atomic E-state index is 13.7. The zero-order valence-electron chi connectivity index (χ0n) is 20.1. The Kier molecular flexibility index (Phi) is 7.13. The molecular formula is C26H23F6N3O3. The van der Waals surface area contributed by atoms with E-state index >= 15 is 0 Å². The van der Waals surface area contributed by atoms with Gasteiger partial charge in [-0.2, -0.15) is 26.3 Å². The molecule has 0 aliphatic carbocycles. The van der Waals surface area contributed by atoms with Crippen molar-refractivity contribution in [1.29, 1.82) is 0 Å². The number of hydrogen-bond donors (Lipinski definition) is 1. The van der Waals surface area contributed by atoms with Gasteiger partial charge in [-0.1, -0.05) is 60.7 Å². The molecule has 1 aliphatic heterocycles. The van der Waals surface area contributed by atoms with Crippen LogP contribution in [0.25, 0.3) is 0 Å². The van der Waals surface area contributed by atoms with Gasteiger partial charge in [0.2, 0.25) is 5.91 Å². The Hall–Kier alpha value is -3.67. The Balaban J connectivity index is 1.69. The van der Waals surface area contributed by atoms with E-state index in [0.29, 0.717) is 0 Å². The molecule has 0 unspecified atom stereocenters. The number of aromatic nitrogens is 2. The van der Waals surface area contributed by atoms with E-state index in [1.165, 1.54) is 4.57 Å². The number of rotatable bonds is 5. The summed E-state index contributed by atoms with van der Waals surface area (Å²) in [6.07, 6.45) is -14.6. The predicted octanol–water partition coefficient (Wildman–Crippen LogP) is 4.32. The zero-order valence-corrected chi connectivity index (χ0v) is 20.1. The summed E-state index contributed by atoms with van der Waals surface area (Å²) in [5.41, 5.74) is -3.69. The molecule has 6 nitrogen and oxygen atoms in total. The molecule has 1 aliphatic rings. The first kappa shape index (κ1) is 27.4. The van der Waals surface area contributed by atoms with Gasteiger partial charge in [0.25, 0.3) is 11.2 Å². The molecule has 0 saturated heterocycles. The Bertz CT molecular complexity index is 1320. The molecule has 4 rings (SSSR count). The van der Waals surface area contributed by atoms with Crippen molar-refractivity contribution < 1.29 is 36.2 Å². The van der Waals surface area contributed by atoms with Crippen molar-refractivity contribution >= 4 is 5.91 Å². The number of carbonyl (C=O) groups is 1. The number of aryl methyl sites for hydroxylation is 1. The molecule has 3 aromatic rings. The molecule has 0 spiro atoms. The van der Waals surface area contributed by atoms with E-state index in [1.54, 1.807) is 6.92 Å². The number of amides is 1. The summed E-state index contributed by atoms with van der Waals surface area (Å²) in [7, 11) is 0. The second-order valence-electron chi connectivity index (χ2n) is 9.08. The van der Waals surface area contributed by atoms with E-state index in [-0.39, 0.29) is 30.0 Å². The van der Waals surface area contributed by atoms with Crippen LogP contribution in [0.3, 0.4) is 0 Å². The molecule has 0 fully saturated rings. The minimum absolute atomic E-state index is 0.0887. The zero-order chi connectivity index (χ0) is 27.9. The number of carbonyl (C=O) groups excluding carboxylic acids is 1. The summed E-state index contributed by atoms with van der Waals surface area (Å²) >= 11 is 0. The summed E-state index contributed by atoms with van der Waals surface area (Å²) in [5, 5.41) is 9.42. The number of nitrogens with zero attached hydrogens (tertiary/aromatic N) is 3. The quantitative estimate of drug-likeness (QED) is 0.491. The lowest BCUT2D eigenvalue weighted by molar-refractivity contribution is -0.367. The van der Waals surface area contributed by atoms with Crippen molar-refractivity contribution in [3.63, 3.8) is 0 Å². The van der Waals surface area contributed by atoms with Crippen LogP contribution in [0.4, 0.5) is 26.3 Å². The van der Waals surface area contributed by atoms with E-state index in [9.17, 15) is 41.0 Å². The van der Waals surface area contributed by atoms with Crippen molar-refractivity contribution in [2.24, 2.45) is 0 Å². The first-order valence-corrected chi connectivity index (χ1v) is 11.6. The highest BCUT2D eigenvalue weighted by atomic mass is 19.4. The Morgan fingerprint density at radius 3 is 1.92 bits per heavy atom. The van der Waals surface area contributed by atoms with Crippen LogP contribution in [0.5, 0.6) is 0 Å². The van der Waals surface area contributed by atoms with Gasteiger partial charge in [-0.05, 0) is 24.5 Å². The number of fused-ring (bicyclic) bond motifs is 1. The first-order valence-electron chi connectivity index (χ1n) is 11.6. The van der Waals surface area contributed by atoms with E-state index in [0.717, 1.165) is 16.0 Å². The smallest absolute Gasteiger partial charge is 0.373 e. The molecule has 202 valence electrons. The van der Waals surface area contributed by atoms with Gasteiger partial charge in [-0.25, -0.2) is 4.98 Å². The lowest BCUT2D eigenvalue weighted by atomic mass is 9.95. The highest BCUT2D eigenvalue weighted by Crippen LogP contribution is 2.45. The number of hydrogen-bond acceptors (Lipinski definition) is 4. The lowest BCUT2D eigenvalue weighted by Gasteiger charge is -2.35. The third-order valence-corrected chi connectivity index (χ3v) is 6.63. The summed E-state index contributed by atoms with van der Waals surface area (Å²) in [4.78, 5) is 31.3. The van der Waals surface area contributed by atoms with Crippen molar-refractivity contribution in [1.82, 2.24) is 14.5 Å². The normalized spacial score (nSPS) is 14.5. The maximum Gasteiger partial charge on any atom is 0.426 e. The SMILES string of the molecule is Cc1nc2c(c(=O)n1C(c1ccccc1)c1ccccc1)CCN(C(=O)CC(O)(C(F)(F)F)C(F)(F)F)C2. The second-order valence-corrected chi connectivity index (χ2v) is 9.08. The van der Waals surface area contributed by atoms with E-state index in [4.69, 9.17) is 0 Å². The largest absolute Gasteiger partial charge is 0.426 e. The van der Waals surface area contributed by atoms with Gasteiger partial charge in [-0.15, -0.1) is 0 Å². The number of alkyl halides is 6. The fraction of sp³-hybridized carbons (Fsp3) is 0.346. The van der Waals surface area contributed by atoms with Gasteiger partial charge in [0.05, 0.1) is 24.7 Å². The highest BCUT2D eigenvalue weighted by molar-refractivity contribution is 5.78. The topological polar surface area (TPSA) is 75.4 Å². The molecule has 12 heteroatoms. The summed E-state index contributed by atoms with van der Waals surface area (Å²) in [6.45, 7) is 0.796. The van der Waals surface area contributed by atoms with Crippen molar-refractivity contribution in [3.8, 4) is 0 Å². The molecule has 0 radical (unpaired) electrons. The highest BCUT2D eigenvalue weighted by Gasteiger charge is 2.71. The summed E-state index contributed by atoms with van der Waals surface area (Å²) < 4.78 is 79.9. The molecule has 0 bridgehead atoms. The van der Waals surface area contributed by atoms with Crippen molar-refractivity contribution in [2.75, 3.05) is 6.54 Å². The minimum atomic E-state index is -6.11. The van der Waals surface area contributed by atoms with E-state index < -0.39 is 48.4 Å². The van der Waals surface area contributed by atoms with Crippen LogP contribution in [-0.4, -0.2) is 50.0 Å². The van der Waals surface area contributed by atoms with Gasteiger partial charge in [-0.3, -0.25) is 14.2 Å². The molecule has 2 heterocycles. The predicted molar refractivity (Wildman–Crippen MR) is 124 cm³/mol. The average molecular weight is 539 g/mol. The molecule has 1 N–H and O–H groups in total. The van der Waals surface area contributed by atoms with Crippen LogP contribution in [0.2, 0.25) is 0 Å². The molecule has 1 amide bonds. The first-order chi connectivity index (χ1) is 17.7. The Morgan fingerprint density at radius 1 is 0.947 bits per heavy atom. The van der Waals surface area contributed by atoms with Crippen LogP contribution >= 0.6 is 0 Å².